The number of rotatable bonds is 4. The zero-order valence-corrected chi connectivity index (χ0v) is 11.7. The third-order valence-corrected chi connectivity index (χ3v) is 4.09. The molecule has 2 aromatic carbocycles. The Bertz CT molecular complexity index is 810. The van der Waals surface area contributed by atoms with Gasteiger partial charge in [0.05, 0.1) is 5.56 Å². The summed E-state index contributed by atoms with van der Waals surface area (Å²) in [6.07, 6.45) is 0. The molecule has 0 fully saturated rings. The molecule has 0 saturated carbocycles. The zero-order chi connectivity index (χ0) is 14.8. The molecule has 106 valence electrons. The summed E-state index contributed by atoms with van der Waals surface area (Å²) in [6.45, 7) is 0.280. The standard InChI is InChI=1S/C16H11FO3S/c17-10-3-1-4-11(7-10)20-9-12-8-14-13(16(18)19)5-2-6-15(14)21-12/h1-8H,9H2,(H,18,19). The van der Waals surface area contributed by atoms with Crippen molar-refractivity contribution in [2.24, 2.45) is 0 Å². The molecule has 0 aliphatic carbocycles. The molecule has 21 heavy (non-hydrogen) atoms. The Hall–Kier alpha value is -2.40. The van der Waals surface area contributed by atoms with Crippen molar-refractivity contribution in [2.75, 3.05) is 0 Å². The molecule has 0 unspecified atom stereocenters. The van der Waals surface area contributed by atoms with Crippen molar-refractivity contribution >= 4 is 27.4 Å². The van der Waals surface area contributed by atoms with Crippen molar-refractivity contribution in [1.82, 2.24) is 0 Å². The first-order valence-corrected chi connectivity index (χ1v) is 7.08. The fourth-order valence-electron chi connectivity index (χ4n) is 2.08. The minimum atomic E-state index is -0.948. The molecule has 0 aliphatic rings. The van der Waals surface area contributed by atoms with Gasteiger partial charge in [-0.25, -0.2) is 9.18 Å². The lowest BCUT2D eigenvalue weighted by molar-refractivity contribution is 0.0699. The van der Waals surface area contributed by atoms with Crippen LogP contribution in [-0.4, -0.2) is 11.1 Å². The van der Waals surface area contributed by atoms with Crippen molar-refractivity contribution in [1.29, 1.82) is 0 Å². The molecule has 0 aliphatic heterocycles. The number of hydrogen-bond donors (Lipinski definition) is 1. The molecule has 1 aromatic heterocycles. The highest BCUT2D eigenvalue weighted by atomic mass is 32.1. The van der Waals surface area contributed by atoms with Gasteiger partial charge in [-0.05, 0) is 30.3 Å². The number of thiophene rings is 1. The van der Waals surface area contributed by atoms with Crippen molar-refractivity contribution in [3.05, 3.63) is 64.8 Å². The highest BCUT2D eigenvalue weighted by Crippen LogP contribution is 2.29. The SMILES string of the molecule is O=C(O)c1cccc2sc(COc3cccc(F)c3)cc12. The van der Waals surface area contributed by atoms with Crippen LogP contribution in [0.1, 0.15) is 15.2 Å². The number of fused-ring (bicyclic) bond motifs is 1. The van der Waals surface area contributed by atoms with Gasteiger partial charge in [0.2, 0.25) is 0 Å². The van der Waals surface area contributed by atoms with E-state index in [0.29, 0.717) is 11.1 Å². The van der Waals surface area contributed by atoms with Crippen LogP contribution in [0.3, 0.4) is 0 Å². The van der Waals surface area contributed by atoms with Gasteiger partial charge >= 0.3 is 5.97 Å². The van der Waals surface area contributed by atoms with E-state index in [0.717, 1.165) is 9.58 Å². The molecule has 0 atom stereocenters. The first kappa shape index (κ1) is 13.6. The van der Waals surface area contributed by atoms with E-state index in [1.807, 2.05) is 12.1 Å². The summed E-state index contributed by atoms with van der Waals surface area (Å²) >= 11 is 1.47. The second-order valence-electron chi connectivity index (χ2n) is 4.48. The topological polar surface area (TPSA) is 46.5 Å². The maximum atomic E-state index is 13.1. The summed E-state index contributed by atoms with van der Waals surface area (Å²) in [4.78, 5) is 12.1. The Morgan fingerprint density at radius 2 is 2.00 bits per heavy atom. The van der Waals surface area contributed by atoms with Crippen LogP contribution in [0.25, 0.3) is 10.1 Å². The monoisotopic (exact) mass is 302 g/mol. The van der Waals surface area contributed by atoms with E-state index in [-0.39, 0.29) is 18.0 Å². The maximum Gasteiger partial charge on any atom is 0.336 e. The van der Waals surface area contributed by atoms with Crippen LogP contribution >= 0.6 is 11.3 Å². The minimum absolute atomic E-state index is 0.278. The Morgan fingerprint density at radius 1 is 1.19 bits per heavy atom. The summed E-state index contributed by atoms with van der Waals surface area (Å²) in [5.41, 5.74) is 0.278. The Labute approximate surface area is 124 Å². The predicted molar refractivity (Wildman–Crippen MR) is 79.5 cm³/mol. The van der Waals surface area contributed by atoms with Gasteiger partial charge in [0, 0.05) is 21.0 Å². The molecule has 0 spiro atoms. The molecule has 1 N–H and O–H groups in total. The molecule has 0 bridgehead atoms. The summed E-state index contributed by atoms with van der Waals surface area (Å²) < 4.78 is 19.5. The quantitative estimate of drug-likeness (QED) is 0.781. The number of carboxylic acids is 1. The number of carbonyl (C=O) groups is 1. The Kier molecular flexibility index (Phi) is 3.58. The summed E-state index contributed by atoms with van der Waals surface area (Å²) in [6, 6.07) is 12.9. The molecule has 1 heterocycles. The van der Waals surface area contributed by atoms with E-state index in [2.05, 4.69) is 0 Å². The normalized spacial score (nSPS) is 10.7. The van der Waals surface area contributed by atoms with Crippen molar-refractivity contribution in [2.45, 2.75) is 6.61 Å². The van der Waals surface area contributed by atoms with Gasteiger partial charge in [0.15, 0.2) is 0 Å². The van der Waals surface area contributed by atoms with Crippen LogP contribution in [0.5, 0.6) is 5.75 Å². The molecular weight excluding hydrogens is 291 g/mol. The Morgan fingerprint density at radius 3 is 2.76 bits per heavy atom. The van der Waals surface area contributed by atoms with E-state index in [9.17, 15) is 9.18 Å². The van der Waals surface area contributed by atoms with Gasteiger partial charge < -0.3 is 9.84 Å². The fourth-order valence-corrected chi connectivity index (χ4v) is 3.08. The summed E-state index contributed by atoms with van der Waals surface area (Å²) in [5.74, 6) is -0.848. The molecule has 3 rings (SSSR count). The largest absolute Gasteiger partial charge is 0.488 e. The van der Waals surface area contributed by atoms with E-state index in [1.165, 1.54) is 23.5 Å². The van der Waals surface area contributed by atoms with E-state index < -0.39 is 5.97 Å². The molecule has 5 heteroatoms. The first-order chi connectivity index (χ1) is 10.1. The average molecular weight is 302 g/mol. The van der Waals surface area contributed by atoms with Crippen LogP contribution < -0.4 is 4.74 Å². The zero-order valence-electron chi connectivity index (χ0n) is 10.9. The van der Waals surface area contributed by atoms with Gasteiger partial charge in [-0.1, -0.05) is 12.1 Å². The fraction of sp³-hybridized carbons (Fsp3) is 0.0625. The van der Waals surface area contributed by atoms with Gasteiger partial charge in [0.1, 0.15) is 18.2 Å². The maximum absolute atomic E-state index is 13.1. The minimum Gasteiger partial charge on any atom is -0.488 e. The van der Waals surface area contributed by atoms with Gasteiger partial charge in [-0.3, -0.25) is 0 Å². The van der Waals surface area contributed by atoms with Crippen LogP contribution in [0, 0.1) is 5.82 Å². The summed E-state index contributed by atoms with van der Waals surface area (Å²) in [7, 11) is 0. The van der Waals surface area contributed by atoms with Crippen molar-refractivity contribution in [3.63, 3.8) is 0 Å². The van der Waals surface area contributed by atoms with Crippen LogP contribution in [0.15, 0.2) is 48.5 Å². The average Bonchev–Trinajstić information content (AvgIpc) is 2.87. The van der Waals surface area contributed by atoms with Crippen LogP contribution in [0.4, 0.5) is 4.39 Å². The lowest BCUT2D eigenvalue weighted by Gasteiger charge is -2.03. The molecular formula is C16H11FO3S. The summed E-state index contributed by atoms with van der Waals surface area (Å²) in [5, 5.41) is 9.86. The van der Waals surface area contributed by atoms with Gasteiger partial charge in [-0.15, -0.1) is 11.3 Å². The predicted octanol–water partition coefficient (Wildman–Crippen LogP) is 4.32. The lowest BCUT2D eigenvalue weighted by Crippen LogP contribution is -1.96. The van der Waals surface area contributed by atoms with Gasteiger partial charge in [-0.2, -0.15) is 0 Å². The number of ether oxygens (including phenoxy) is 1. The van der Waals surface area contributed by atoms with Gasteiger partial charge in [0.25, 0.3) is 0 Å². The number of carboxylic acid groups (broad SMARTS) is 1. The molecule has 0 radical (unpaired) electrons. The second kappa shape index (κ2) is 5.54. The van der Waals surface area contributed by atoms with E-state index in [1.54, 1.807) is 24.3 Å². The molecule has 0 amide bonds. The van der Waals surface area contributed by atoms with Crippen molar-refractivity contribution in [3.8, 4) is 5.75 Å². The van der Waals surface area contributed by atoms with E-state index in [4.69, 9.17) is 9.84 Å². The number of aromatic carboxylic acids is 1. The third kappa shape index (κ3) is 2.87. The van der Waals surface area contributed by atoms with E-state index >= 15 is 0 Å². The smallest absolute Gasteiger partial charge is 0.336 e. The highest BCUT2D eigenvalue weighted by Gasteiger charge is 2.11. The third-order valence-electron chi connectivity index (χ3n) is 3.02. The number of hydrogen-bond acceptors (Lipinski definition) is 3. The second-order valence-corrected chi connectivity index (χ2v) is 5.65. The van der Waals surface area contributed by atoms with Crippen LogP contribution in [-0.2, 0) is 6.61 Å². The molecule has 0 saturated heterocycles. The lowest BCUT2D eigenvalue weighted by atomic mass is 10.1. The molecule has 3 nitrogen and oxygen atoms in total. The van der Waals surface area contributed by atoms with Crippen molar-refractivity contribution < 1.29 is 19.0 Å². The highest BCUT2D eigenvalue weighted by molar-refractivity contribution is 7.19. The molecule has 3 aromatic rings. The number of halogens is 1. The first-order valence-electron chi connectivity index (χ1n) is 6.26. The number of benzene rings is 2. The Balaban J connectivity index is 1.85. The van der Waals surface area contributed by atoms with Crippen LogP contribution in [0.2, 0.25) is 0 Å².